The Balaban J connectivity index is 0.000000293. The van der Waals surface area contributed by atoms with Crippen molar-refractivity contribution in [3.05, 3.63) is 47.2 Å². The molecule has 0 aliphatic heterocycles. The maximum absolute atomic E-state index is 9.56. The number of hydrogen-bond acceptors (Lipinski definition) is 3. The average molecular weight is 236 g/mol. The predicted octanol–water partition coefficient (Wildman–Crippen LogP) is 3.43. The normalized spacial score (nSPS) is 8.00. The molecule has 0 amide bonds. The highest BCUT2D eigenvalue weighted by molar-refractivity contribution is 7.07. The number of carbonyl (C=O) groups is 2. The van der Waals surface area contributed by atoms with Gasteiger partial charge in [-0.1, -0.05) is 36.4 Å². The van der Waals surface area contributed by atoms with Crippen molar-refractivity contribution >= 4 is 23.9 Å². The highest BCUT2D eigenvalue weighted by Crippen LogP contribution is 1.88. The van der Waals surface area contributed by atoms with Crippen molar-refractivity contribution in [1.82, 2.24) is 0 Å². The number of hydrogen-bond donors (Lipinski definition) is 0. The van der Waals surface area contributed by atoms with E-state index in [9.17, 15) is 9.59 Å². The van der Waals surface area contributed by atoms with Gasteiger partial charge in [0.05, 0.1) is 0 Å². The fraction of sp³-hybridized carbons (Fsp3) is 0.231. The maximum Gasteiger partial charge on any atom is 0.120 e. The van der Waals surface area contributed by atoms with E-state index in [2.05, 4.69) is 0 Å². The predicted molar refractivity (Wildman–Crippen MR) is 67.9 cm³/mol. The summed E-state index contributed by atoms with van der Waals surface area (Å²) in [6.45, 7) is 0. The summed E-state index contributed by atoms with van der Waals surface area (Å²) in [6.07, 6.45) is 3.37. The largest absolute Gasteiger partial charge is 0.303 e. The number of aldehydes is 2. The Kier molecular flexibility index (Phi) is 12.3. The highest BCUT2D eigenvalue weighted by atomic mass is 32.1. The van der Waals surface area contributed by atoms with Crippen molar-refractivity contribution in [3.63, 3.8) is 0 Å². The topological polar surface area (TPSA) is 34.1 Å². The molecular weight excluding hydrogens is 220 g/mol. The van der Waals surface area contributed by atoms with Crippen molar-refractivity contribution < 1.29 is 9.59 Å². The molecule has 0 aliphatic rings. The zero-order valence-electron chi connectivity index (χ0n) is 9.12. The van der Waals surface area contributed by atoms with Crippen LogP contribution in [0, 0.1) is 0 Å². The number of rotatable bonds is 4. The first-order chi connectivity index (χ1) is 7.91. The van der Waals surface area contributed by atoms with E-state index in [1.54, 1.807) is 11.3 Å². The van der Waals surface area contributed by atoms with Gasteiger partial charge < -0.3 is 9.59 Å². The van der Waals surface area contributed by atoms with Gasteiger partial charge in [0.2, 0.25) is 0 Å². The van der Waals surface area contributed by atoms with E-state index in [4.69, 9.17) is 0 Å². The van der Waals surface area contributed by atoms with Crippen molar-refractivity contribution in [2.24, 2.45) is 0 Å². The summed E-state index contributed by atoms with van der Waals surface area (Å²) < 4.78 is 0. The third kappa shape index (κ3) is 12.5. The molecule has 0 spiro atoms. The van der Waals surface area contributed by atoms with Crippen LogP contribution in [0.4, 0.5) is 0 Å². The molecule has 0 unspecified atom stereocenters. The molecule has 0 atom stereocenters. The summed E-state index contributed by atoms with van der Waals surface area (Å²) >= 11 is 1.68. The van der Waals surface area contributed by atoms with Crippen molar-refractivity contribution in [2.45, 2.75) is 19.3 Å². The minimum absolute atomic E-state index is 0.513. The van der Waals surface area contributed by atoms with Crippen molar-refractivity contribution in [2.75, 3.05) is 0 Å². The number of carbonyl (C=O) groups excluding carboxylic acids is 2. The molecule has 0 bridgehead atoms. The molecule has 0 aromatic carbocycles. The van der Waals surface area contributed by atoms with Gasteiger partial charge in [-0.05, 0) is 17.2 Å². The van der Waals surface area contributed by atoms with Gasteiger partial charge in [-0.2, -0.15) is 11.3 Å². The first-order valence-corrected chi connectivity index (χ1v) is 6.04. The van der Waals surface area contributed by atoms with Gasteiger partial charge in [-0.25, -0.2) is 0 Å². The van der Waals surface area contributed by atoms with Crippen LogP contribution >= 0.6 is 11.3 Å². The van der Waals surface area contributed by atoms with Crippen LogP contribution in [0.25, 0.3) is 0 Å². The summed E-state index contributed by atoms with van der Waals surface area (Å²) in [5.74, 6) is 0. The summed E-state index contributed by atoms with van der Waals surface area (Å²) in [7, 11) is 0. The van der Waals surface area contributed by atoms with Crippen LogP contribution < -0.4 is 0 Å². The van der Waals surface area contributed by atoms with Crippen LogP contribution in [-0.4, -0.2) is 12.6 Å². The van der Waals surface area contributed by atoms with E-state index < -0.39 is 0 Å². The third-order valence-corrected chi connectivity index (χ3v) is 2.14. The van der Waals surface area contributed by atoms with Crippen molar-refractivity contribution in [1.29, 1.82) is 0 Å². The van der Waals surface area contributed by atoms with Crippen LogP contribution in [0.5, 0.6) is 0 Å². The van der Waals surface area contributed by atoms with Gasteiger partial charge in [0, 0.05) is 12.8 Å². The second-order valence-corrected chi connectivity index (χ2v) is 3.64. The van der Waals surface area contributed by atoms with Gasteiger partial charge in [-0.3, -0.25) is 0 Å². The molecule has 1 aromatic heterocycles. The molecule has 0 N–H and O–H groups in total. The van der Waals surface area contributed by atoms with E-state index >= 15 is 0 Å². The lowest BCUT2D eigenvalue weighted by Gasteiger charge is -1.78. The zero-order chi connectivity index (χ0) is 11.9. The molecule has 16 heavy (non-hydrogen) atoms. The smallest absolute Gasteiger partial charge is 0.120 e. The fourth-order valence-electron chi connectivity index (χ4n) is 0.768. The van der Waals surface area contributed by atoms with Crippen molar-refractivity contribution in [3.8, 4) is 0 Å². The van der Waals surface area contributed by atoms with Gasteiger partial charge >= 0.3 is 0 Å². The van der Waals surface area contributed by atoms with Crippen LogP contribution in [0.15, 0.2) is 47.2 Å². The van der Waals surface area contributed by atoms with Gasteiger partial charge in [-0.15, -0.1) is 0 Å². The minimum Gasteiger partial charge on any atom is -0.303 e. The van der Waals surface area contributed by atoms with Crippen LogP contribution in [0.2, 0.25) is 0 Å². The second-order valence-electron chi connectivity index (χ2n) is 2.83. The molecule has 1 heterocycles. The molecular formula is C13H16O2S. The second kappa shape index (κ2) is 13.5. The Hall–Kier alpha value is -1.48. The van der Waals surface area contributed by atoms with E-state index in [0.717, 1.165) is 12.6 Å². The molecule has 3 heteroatoms. The number of unbranched alkanes of at least 4 members (excludes halogenated alkanes) is 2. The lowest BCUT2D eigenvalue weighted by atomic mass is 10.3. The quantitative estimate of drug-likeness (QED) is 0.593. The molecule has 0 radical (unpaired) electrons. The highest BCUT2D eigenvalue weighted by Gasteiger charge is 1.80. The van der Waals surface area contributed by atoms with Crippen LogP contribution in [0.3, 0.4) is 0 Å². The zero-order valence-corrected chi connectivity index (χ0v) is 9.94. The van der Waals surface area contributed by atoms with E-state index in [1.807, 2.05) is 47.2 Å². The van der Waals surface area contributed by atoms with Gasteiger partial charge in [0.1, 0.15) is 12.6 Å². The van der Waals surface area contributed by atoms with Gasteiger partial charge in [0.15, 0.2) is 0 Å². The molecule has 2 nitrogen and oxygen atoms in total. The SMILES string of the molecule is O=CCCCC=O.c1ccccsccc1. The van der Waals surface area contributed by atoms with E-state index in [1.165, 1.54) is 0 Å². The molecule has 1 rings (SSSR count). The van der Waals surface area contributed by atoms with Gasteiger partial charge in [0.25, 0.3) is 0 Å². The minimum atomic E-state index is 0.513. The third-order valence-electron chi connectivity index (χ3n) is 1.51. The Morgan fingerprint density at radius 2 is 1.19 bits per heavy atom. The molecule has 0 aliphatic carbocycles. The first-order valence-electron chi connectivity index (χ1n) is 5.09. The average Bonchev–Trinajstić information content (AvgIpc) is 2.46. The molecule has 86 valence electrons. The first kappa shape index (κ1) is 14.5. The lowest BCUT2D eigenvalue weighted by Crippen LogP contribution is -1.76. The molecule has 0 saturated heterocycles. The fourth-order valence-corrected chi connectivity index (χ4v) is 1.22. The summed E-state index contributed by atoms with van der Waals surface area (Å²) in [5, 5.41) is 4.08. The maximum atomic E-state index is 9.56. The van der Waals surface area contributed by atoms with Crippen LogP contribution in [-0.2, 0) is 9.59 Å². The molecule has 0 saturated carbocycles. The standard InChI is InChI=1S/C8H8S.C5H8O2/c1-2-4-6-8-9-7-5-3-1;6-4-2-1-3-5-7/h1-8H;4-5H,1-3H2. The summed E-state index contributed by atoms with van der Waals surface area (Å²) in [6, 6.07) is 12.1. The Labute approximate surface area is 100 Å². The van der Waals surface area contributed by atoms with E-state index in [-0.39, 0.29) is 0 Å². The monoisotopic (exact) mass is 236 g/mol. The Bertz CT molecular complexity index is 236. The Morgan fingerprint density at radius 3 is 1.62 bits per heavy atom. The lowest BCUT2D eigenvalue weighted by molar-refractivity contribution is -0.108. The summed E-state index contributed by atoms with van der Waals surface area (Å²) in [5.41, 5.74) is 0. The van der Waals surface area contributed by atoms with E-state index in [0.29, 0.717) is 19.3 Å². The molecule has 1 aromatic rings. The Morgan fingerprint density at radius 1 is 0.750 bits per heavy atom. The summed E-state index contributed by atoms with van der Waals surface area (Å²) in [4.78, 5) is 19.1. The van der Waals surface area contributed by atoms with Crippen LogP contribution in [0.1, 0.15) is 19.3 Å². The molecule has 0 fully saturated rings.